The molecule has 5 N–H and O–H groups in total. The van der Waals surface area contributed by atoms with Gasteiger partial charge in [-0.2, -0.15) is 5.10 Å². The lowest BCUT2D eigenvalue weighted by Gasteiger charge is -2.39. The van der Waals surface area contributed by atoms with E-state index < -0.39 is 5.82 Å². The molecule has 1 atom stereocenters. The van der Waals surface area contributed by atoms with Crippen LogP contribution < -0.4 is 16.9 Å². The number of nitrogens with zero attached hydrogens (tertiary/aromatic N) is 5. The van der Waals surface area contributed by atoms with Crippen molar-refractivity contribution >= 4 is 34.4 Å². The van der Waals surface area contributed by atoms with Crippen LogP contribution in [0.2, 0.25) is 0 Å². The van der Waals surface area contributed by atoms with Crippen molar-refractivity contribution in [3.05, 3.63) is 77.9 Å². The van der Waals surface area contributed by atoms with Crippen LogP contribution in [0.15, 0.2) is 70.3 Å². The molecule has 12 heteroatoms. The molecular formula is C27H27FN8O3. The lowest BCUT2D eigenvalue weighted by atomic mass is 10.0. The Morgan fingerprint density at radius 2 is 1.85 bits per heavy atom. The van der Waals surface area contributed by atoms with Gasteiger partial charge in [-0.3, -0.25) is 14.5 Å². The minimum Gasteiger partial charge on any atom is -0.436 e. The molecule has 4 aromatic rings. The van der Waals surface area contributed by atoms with Crippen LogP contribution in [0.4, 0.5) is 10.1 Å². The number of benzene rings is 2. The lowest BCUT2D eigenvalue weighted by Crippen LogP contribution is -2.52. The van der Waals surface area contributed by atoms with Crippen LogP contribution in [0.1, 0.15) is 29.0 Å². The highest BCUT2D eigenvalue weighted by Gasteiger charge is 2.30. The summed E-state index contributed by atoms with van der Waals surface area (Å²) in [4.78, 5) is 36.8. The Kier molecular flexibility index (Phi) is 7.19. The first-order valence-corrected chi connectivity index (χ1v) is 12.3. The molecule has 0 aliphatic carbocycles. The van der Waals surface area contributed by atoms with Crippen molar-refractivity contribution in [3.8, 4) is 11.5 Å². The van der Waals surface area contributed by atoms with Gasteiger partial charge in [0, 0.05) is 38.8 Å². The molecule has 3 heterocycles. The summed E-state index contributed by atoms with van der Waals surface area (Å²) in [6.07, 6.45) is 0.986. The fourth-order valence-corrected chi connectivity index (χ4v) is 4.66. The first-order valence-electron chi connectivity index (χ1n) is 12.3. The van der Waals surface area contributed by atoms with Gasteiger partial charge in [0.15, 0.2) is 11.4 Å². The molecule has 5 rings (SSSR count). The smallest absolute Gasteiger partial charge is 0.272 e. The number of pyridine rings is 1. The van der Waals surface area contributed by atoms with Gasteiger partial charge in [-0.15, -0.1) is 0 Å². The van der Waals surface area contributed by atoms with Crippen LogP contribution in [0.5, 0.6) is 0 Å². The van der Waals surface area contributed by atoms with Gasteiger partial charge in [-0.1, -0.05) is 30.3 Å². The van der Waals surface area contributed by atoms with E-state index in [1.54, 1.807) is 23.1 Å². The second-order valence-electron chi connectivity index (χ2n) is 9.13. The fraction of sp³-hybridized carbons (Fsp3) is 0.222. The Bertz CT molecular complexity index is 1550. The lowest BCUT2D eigenvalue weighted by molar-refractivity contribution is -0.114. The van der Waals surface area contributed by atoms with E-state index in [1.165, 1.54) is 13.0 Å². The number of amides is 2. The van der Waals surface area contributed by atoms with Crippen LogP contribution in [-0.2, 0) is 4.79 Å². The molecule has 2 amide bonds. The van der Waals surface area contributed by atoms with Crippen molar-refractivity contribution in [2.24, 2.45) is 16.7 Å². The van der Waals surface area contributed by atoms with Crippen molar-refractivity contribution in [1.29, 1.82) is 0 Å². The predicted octanol–water partition coefficient (Wildman–Crippen LogP) is 2.72. The van der Waals surface area contributed by atoms with Crippen molar-refractivity contribution in [3.63, 3.8) is 0 Å². The number of carbonyl (C=O) groups excluding carboxylic acids is 2. The summed E-state index contributed by atoms with van der Waals surface area (Å²) in [7, 11) is 0. The predicted molar refractivity (Wildman–Crippen MR) is 144 cm³/mol. The van der Waals surface area contributed by atoms with Crippen molar-refractivity contribution in [1.82, 2.24) is 19.8 Å². The van der Waals surface area contributed by atoms with Crippen LogP contribution in [0.3, 0.4) is 0 Å². The number of nitrogens with two attached hydrogens (primary N) is 2. The van der Waals surface area contributed by atoms with Gasteiger partial charge in [0.25, 0.3) is 5.91 Å². The largest absolute Gasteiger partial charge is 0.436 e. The molecule has 0 radical (unpaired) electrons. The summed E-state index contributed by atoms with van der Waals surface area (Å²) in [6.45, 7) is 3.26. The number of hydrogen-bond donors (Lipinski definition) is 3. The van der Waals surface area contributed by atoms with Crippen LogP contribution in [0.25, 0.3) is 22.6 Å². The molecule has 1 saturated heterocycles. The highest BCUT2D eigenvalue weighted by molar-refractivity contribution is 5.94. The van der Waals surface area contributed by atoms with Gasteiger partial charge < -0.3 is 26.2 Å². The third-order valence-corrected chi connectivity index (χ3v) is 6.52. The van der Waals surface area contributed by atoms with E-state index in [-0.39, 0.29) is 40.8 Å². The number of amidine groups is 1. The zero-order chi connectivity index (χ0) is 27.5. The number of hydrogen-bond acceptors (Lipinski definition) is 8. The molecular weight excluding hydrogens is 503 g/mol. The van der Waals surface area contributed by atoms with Gasteiger partial charge in [-0.05, 0) is 29.8 Å². The minimum absolute atomic E-state index is 0.00555. The Hall–Kier alpha value is -4.84. The molecule has 11 nitrogen and oxygen atoms in total. The van der Waals surface area contributed by atoms with Gasteiger partial charge in [0.1, 0.15) is 17.0 Å². The average Bonchev–Trinajstić information content (AvgIpc) is 3.37. The van der Waals surface area contributed by atoms with Crippen molar-refractivity contribution < 1.29 is 18.4 Å². The van der Waals surface area contributed by atoms with Crippen molar-refractivity contribution in [2.75, 3.05) is 31.5 Å². The molecule has 1 aliphatic rings. The first-order chi connectivity index (χ1) is 18.8. The third-order valence-electron chi connectivity index (χ3n) is 6.52. The van der Waals surface area contributed by atoms with Crippen LogP contribution >= 0.6 is 0 Å². The number of nitrogens with one attached hydrogen (secondary N) is 1. The number of rotatable bonds is 6. The number of halogens is 1. The number of aromatic nitrogens is 2. The molecule has 0 saturated carbocycles. The summed E-state index contributed by atoms with van der Waals surface area (Å²) in [5.41, 5.74) is 8.56. The molecule has 2 aromatic carbocycles. The number of carbonyl (C=O) groups is 2. The summed E-state index contributed by atoms with van der Waals surface area (Å²) in [5.74, 6) is 4.55. The fourth-order valence-electron chi connectivity index (χ4n) is 4.66. The second kappa shape index (κ2) is 10.9. The number of fused-ring (bicyclic) bond motifs is 1. The van der Waals surface area contributed by atoms with Gasteiger partial charge >= 0.3 is 0 Å². The second-order valence-corrected chi connectivity index (χ2v) is 9.13. The van der Waals surface area contributed by atoms with E-state index >= 15 is 0 Å². The summed E-state index contributed by atoms with van der Waals surface area (Å²) in [5, 5.41) is 6.38. The van der Waals surface area contributed by atoms with Gasteiger partial charge in [0.2, 0.25) is 11.8 Å². The van der Waals surface area contributed by atoms with Crippen LogP contribution in [-0.4, -0.2) is 63.6 Å². The maximum Gasteiger partial charge on any atom is 0.272 e. The molecule has 0 bridgehead atoms. The van der Waals surface area contributed by atoms with Crippen molar-refractivity contribution in [2.45, 2.75) is 13.0 Å². The van der Waals surface area contributed by atoms with E-state index in [9.17, 15) is 14.0 Å². The van der Waals surface area contributed by atoms with E-state index in [1.807, 2.05) is 30.3 Å². The first kappa shape index (κ1) is 25.8. The van der Waals surface area contributed by atoms with Gasteiger partial charge in [-0.25, -0.2) is 14.4 Å². The number of hydrazone groups is 1. The Morgan fingerprint density at radius 3 is 2.54 bits per heavy atom. The van der Waals surface area contributed by atoms with E-state index in [2.05, 4.69) is 25.3 Å². The standard InChI is InChI=1S/C27H27FN8O3/c1-16(37)32-18-7-8-23-21(13-18)33-26(39-23)19-14-22(31-15-20(19)28)27(38)36-11-9-35(10-12-36)24(25(29)34-30)17-5-3-2-4-6-17/h2-8,13-15,24H,9-12,30H2,1H3,(H2,29,34)(H,32,37). The Morgan fingerprint density at radius 1 is 1.10 bits per heavy atom. The number of anilines is 1. The Labute approximate surface area is 223 Å². The number of oxazole rings is 1. The minimum atomic E-state index is -0.674. The van der Waals surface area contributed by atoms with E-state index in [4.69, 9.17) is 16.0 Å². The number of piperazine rings is 1. The monoisotopic (exact) mass is 530 g/mol. The van der Waals surface area contributed by atoms with E-state index in [0.717, 1.165) is 11.8 Å². The van der Waals surface area contributed by atoms with E-state index in [0.29, 0.717) is 43.0 Å². The molecule has 1 fully saturated rings. The summed E-state index contributed by atoms with van der Waals surface area (Å²) >= 11 is 0. The molecule has 200 valence electrons. The van der Waals surface area contributed by atoms with Gasteiger partial charge in [0.05, 0.1) is 17.8 Å². The zero-order valence-electron chi connectivity index (χ0n) is 21.2. The maximum absolute atomic E-state index is 14.8. The Balaban J connectivity index is 1.33. The maximum atomic E-state index is 14.8. The average molecular weight is 531 g/mol. The molecule has 2 aromatic heterocycles. The highest BCUT2D eigenvalue weighted by Crippen LogP contribution is 2.29. The SMILES string of the molecule is CC(=O)Nc1ccc2oc(-c3cc(C(=O)N4CCN(C(C(N)=NN)c5ccccc5)CC4)ncc3F)nc2c1. The summed E-state index contributed by atoms with van der Waals surface area (Å²) in [6, 6.07) is 15.6. The molecule has 39 heavy (non-hydrogen) atoms. The highest BCUT2D eigenvalue weighted by atomic mass is 19.1. The third kappa shape index (κ3) is 5.41. The molecule has 1 aliphatic heterocycles. The quantitative estimate of drug-likeness (QED) is 0.149. The molecule has 0 spiro atoms. The topological polar surface area (TPSA) is 156 Å². The molecule has 1 unspecified atom stereocenters. The normalized spacial score (nSPS) is 15.3. The van der Waals surface area contributed by atoms with Crippen LogP contribution in [0, 0.1) is 5.82 Å². The summed E-state index contributed by atoms with van der Waals surface area (Å²) < 4.78 is 20.5. The zero-order valence-corrected chi connectivity index (χ0v) is 21.2.